The lowest BCUT2D eigenvalue weighted by molar-refractivity contribution is -0.144. The molecule has 0 bridgehead atoms. The van der Waals surface area contributed by atoms with Crippen LogP contribution in [-0.4, -0.2) is 25.0 Å². The minimum Gasteiger partial charge on any atom is -0.453 e. The van der Waals surface area contributed by atoms with E-state index in [1.54, 1.807) is 24.3 Å². The van der Waals surface area contributed by atoms with Crippen LogP contribution < -0.4 is 0 Å². The van der Waals surface area contributed by atoms with Crippen molar-refractivity contribution in [2.24, 2.45) is 0 Å². The Balaban J connectivity index is 2.14. The molecule has 2 aromatic carbocycles. The molecule has 27 heavy (non-hydrogen) atoms. The fourth-order valence-corrected chi connectivity index (χ4v) is 4.13. The van der Waals surface area contributed by atoms with Gasteiger partial charge in [0.2, 0.25) is 0 Å². The van der Waals surface area contributed by atoms with E-state index >= 15 is 0 Å². The number of hydrogen-bond acceptors (Lipinski definition) is 4. The lowest BCUT2D eigenvalue weighted by Crippen LogP contribution is -2.11. The van der Waals surface area contributed by atoms with Gasteiger partial charge in [-0.05, 0) is 23.3 Å². The first-order valence-electron chi connectivity index (χ1n) is 7.81. The number of ether oxygens (including phenoxy) is 1. The van der Waals surface area contributed by atoms with E-state index in [9.17, 15) is 14.4 Å². The number of hydrogen-bond donors (Lipinski definition) is 0. The van der Waals surface area contributed by atoms with Crippen molar-refractivity contribution in [1.29, 1.82) is 0 Å². The molecule has 4 nitrogen and oxygen atoms in total. The lowest BCUT2D eigenvalue weighted by Gasteiger charge is -2.15. The van der Waals surface area contributed by atoms with Gasteiger partial charge < -0.3 is 4.74 Å². The van der Waals surface area contributed by atoms with Crippen molar-refractivity contribution in [1.82, 2.24) is 0 Å². The van der Waals surface area contributed by atoms with Gasteiger partial charge in [0.25, 0.3) is 0 Å². The van der Waals surface area contributed by atoms with Crippen LogP contribution in [0.3, 0.4) is 0 Å². The highest BCUT2D eigenvalue weighted by Gasteiger charge is 2.33. The van der Waals surface area contributed by atoms with Gasteiger partial charge in [0.1, 0.15) is 7.47 Å². The summed E-state index contributed by atoms with van der Waals surface area (Å²) in [5.41, 5.74) is 4.20. The summed E-state index contributed by atoms with van der Waals surface area (Å²) in [4.78, 5) is 36.3. The molecule has 0 unspecified atom stereocenters. The average Bonchev–Trinajstić information content (AvgIpc) is 2.92. The van der Waals surface area contributed by atoms with Gasteiger partial charge in [0.15, 0.2) is 17.7 Å². The van der Waals surface area contributed by atoms with Crippen LogP contribution in [0.1, 0.15) is 44.9 Å². The first-order valence-corrected chi connectivity index (χ1v) is 11.5. The van der Waals surface area contributed by atoms with E-state index in [2.05, 4.69) is 63.7 Å². The van der Waals surface area contributed by atoms with Crippen molar-refractivity contribution in [3.05, 3.63) is 58.7 Å². The second kappa shape index (κ2) is 8.27. The molecule has 1 aliphatic rings. The van der Waals surface area contributed by atoms with E-state index in [0.717, 1.165) is 22.3 Å². The molecule has 0 aliphatic heterocycles. The normalized spacial score (nSPS) is 12.9. The Morgan fingerprint density at radius 1 is 0.815 bits per heavy atom. The smallest absolute Gasteiger partial charge is 0.303 e. The standard InChI is InChI=1S/C19H12Br4O4/c1-8(24)27-17-13-6-9(15(25)18(20)21)2-4-11(13)12-5-3-10(7-14(12)17)16(26)19(22)23/h2-7,17-19H,1H3. The second-order valence-corrected chi connectivity index (χ2v) is 12.0. The van der Waals surface area contributed by atoms with Crippen LogP contribution >= 0.6 is 63.7 Å². The topological polar surface area (TPSA) is 60.4 Å². The molecule has 0 radical (unpaired) electrons. The molecule has 140 valence electrons. The summed E-state index contributed by atoms with van der Waals surface area (Å²) in [6, 6.07) is 10.6. The van der Waals surface area contributed by atoms with Crippen molar-refractivity contribution >= 4 is 81.3 Å². The predicted octanol–water partition coefficient (Wildman–Crippen LogP) is 5.92. The quantitative estimate of drug-likeness (QED) is 0.236. The third kappa shape index (κ3) is 4.13. The Morgan fingerprint density at radius 3 is 1.56 bits per heavy atom. The second-order valence-electron chi connectivity index (χ2n) is 5.92. The number of Topliss-reactive ketones (excluding diaryl/α,β-unsaturated/α-hetero) is 2. The van der Waals surface area contributed by atoms with E-state index in [0.29, 0.717) is 11.1 Å². The van der Waals surface area contributed by atoms with E-state index in [1.807, 2.05) is 12.1 Å². The molecule has 0 spiro atoms. The van der Waals surface area contributed by atoms with Gasteiger partial charge in [-0.15, -0.1) is 0 Å². The molecule has 0 heterocycles. The Hall–Kier alpha value is -0.830. The SMILES string of the molecule is CC(=O)OC1c2cc(C(=O)C(Br)Br)ccc2-c2ccc(C(=O)C(Br)Br)cc21. The van der Waals surface area contributed by atoms with Crippen LogP contribution in [0.25, 0.3) is 11.1 Å². The van der Waals surface area contributed by atoms with Gasteiger partial charge >= 0.3 is 5.97 Å². The summed E-state index contributed by atoms with van der Waals surface area (Å²) in [6.07, 6.45) is -0.666. The van der Waals surface area contributed by atoms with Crippen LogP contribution in [0.4, 0.5) is 0 Å². The lowest BCUT2D eigenvalue weighted by atomic mass is 10.0. The molecule has 0 atom stereocenters. The van der Waals surface area contributed by atoms with E-state index in [-0.39, 0.29) is 11.6 Å². The molecule has 0 fully saturated rings. The predicted molar refractivity (Wildman–Crippen MR) is 117 cm³/mol. The fraction of sp³-hybridized carbons (Fsp3) is 0.211. The highest BCUT2D eigenvalue weighted by Crippen LogP contribution is 2.46. The van der Waals surface area contributed by atoms with Crippen LogP contribution in [0.15, 0.2) is 36.4 Å². The average molecular weight is 624 g/mol. The Bertz CT molecular complexity index is 883. The van der Waals surface area contributed by atoms with Crippen molar-refractivity contribution in [3.63, 3.8) is 0 Å². The Morgan fingerprint density at radius 2 is 1.22 bits per heavy atom. The van der Waals surface area contributed by atoms with Crippen molar-refractivity contribution in [3.8, 4) is 11.1 Å². The number of halogens is 4. The number of carbonyl (C=O) groups is 3. The fourth-order valence-electron chi connectivity index (χ4n) is 3.07. The van der Waals surface area contributed by atoms with Gasteiger partial charge in [0.05, 0.1) is 0 Å². The molecule has 0 saturated carbocycles. The summed E-state index contributed by atoms with van der Waals surface area (Å²) in [7, 11) is 0. The van der Waals surface area contributed by atoms with Gasteiger partial charge in [0, 0.05) is 29.2 Å². The highest BCUT2D eigenvalue weighted by atomic mass is 79.9. The number of ketones is 2. The van der Waals surface area contributed by atoms with E-state index < -0.39 is 19.5 Å². The van der Waals surface area contributed by atoms with Crippen LogP contribution in [0, 0.1) is 0 Å². The number of alkyl halides is 4. The molecule has 3 rings (SSSR count). The first-order chi connectivity index (χ1) is 12.7. The summed E-state index contributed by atoms with van der Waals surface area (Å²) < 4.78 is 4.54. The monoisotopic (exact) mass is 620 g/mol. The maximum atomic E-state index is 12.3. The van der Waals surface area contributed by atoms with Gasteiger partial charge in [-0.2, -0.15) is 0 Å². The largest absolute Gasteiger partial charge is 0.453 e. The number of rotatable bonds is 5. The van der Waals surface area contributed by atoms with Crippen LogP contribution in [0.5, 0.6) is 0 Å². The number of esters is 1. The highest BCUT2D eigenvalue weighted by molar-refractivity contribution is 9.25. The summed E-state index contributed by atoms with van der Waals surface area (Å²) in [6.45, 7) is 1.33. The Labute approximate surface area is 189 Å². The molecule has 0 aromatic heterocycles. The zero-order chi connectivity index (χ0) is 19.9. The van der Waals surface area contributed by atoms with Gasteiger partial charge in [-0.3, -0.25) is 14.4 Å². The van der Waals surface area contributed by atoms with Gasteiger partial charge in [-0.1, -0.05) is 88.0 Å². The molecule has 0 saturated heterocycles. The minimum atomic E-state index is -0.666. The summed E-state index contributed by atoms with van der Waals surface area (Å²) >= 11 is 12.9. The minimum absolute atomic E-state index is 0.132. The van der Waals surface area contributed by atoms with Crippen LogP contribution in [-0.2, 0) is 9.53 Å². The summed E-state index contributed by atoms with van der Waals surface area (Å²) in [5, 5.41) is 0. The number of benzene rings is 2. The number of carbonyl (C=O) groups excluding carboxylic acids is 3. The number of fused-ring (bicyclic) bond motifs is 3. The summed E-state index contributed by atoms with van der Waals surface area (Å²) in [5.74, 6) is -0.704. The Kier molecular flexibility index (Phi) is 6.40. The zero-order valence-electron chi connectivity index (χ0n) is 13.8. The molecule has 0 amide bonds. The molecular weight excluding hydrogens is 612 g/mol. The van der Waals surface area contributed by atoms with Crippen LogP contribution in [0.2, 0.25) is 0 Å². The van der Waals surface area contributed by atoms with E-state index in [1.165, 1.54) is 6.92 Å². The molecule has 0 N–H and O–H groups in total. The maximum Gasteiger partial charge on any atom is 0.303 e. The molecule has 8 heteroatoms. The molecule has 2 aromatic rings. The molecule has 1 aliphatic carbocycles. The maximum absolute atomic E-state index is 12.3. The van der Waals surface area contributed by atoms with Crippen molar-refractivity contribution < 1.29 is 19.1 Å². The van der Waals surface area contributed by atoms with Crippen molar-refractivity contribution in [2.75, 3.05) is 0 Å². The van der Waals surface area contributed by atoms with E-state index in [4.69, 9.17) is 4.74 Å². The van der Waals surface area contributed by atoms with Crippen molar-refractivity contribution in [2.45, 2.75) is 20.5 Å². The third-order valence-electron chi connectivity index (χ3n) is 4.21. The zero-order valence-corrected chi connectivity index (χ0v) is 20.2. The first kappa shape index (κ1) is 20.9. The third-order valence-corrected chi connectivity index (χ3v) is 5.87. The van der Waals surface area contributed by atoms with Gasteiger partial charge in [-0.25, -0.2) is 0 Å². The molecular formula is C19H12Br4O4.